The van der Waals surface area contributed by atoms with Gasteiger partial charge in [0.15, 0.2) is 0 Å². The van der Waals surface area contributed by atoms with Crippen LogP contribution in [-0.2, 0) is 23.1 Å². The zero-order chi connectivity index (χ0) is 22.5. The lowest BCUT2D eigenvalue weighted by molar-refractivity contribution is -0.122. The maximum Gasteiger partial charge on any atom is 0.237 e. The standard InChI is InChI=1S/C27H37N3O/c1-8-11-19-18(12-10-13-20-23(9-2)28-29-25(19)20)21-15-24-22(14-17(21)5)27(6,7)26(31)30(24)16(3)4/h14-16H,8-13H2,1-7H3,(H,28,29). The van der Waals surface area contributed by atoms with E-state index in [1.54, 1.807) is 0 Å². The topological polar surface area (TPSA) is 49.0 Å². The van der Waals surface area contributed by atoms with Gasteiger partial charge in [0.25, 0.3) is 0 Å². The fourth-order valence-electron chi connectivity index (χ4n) is 5.52. The van der Waals surface area contributed by atoms with E-state index in [9.17, 15) is 4.79 Å². The van der Waals surface area contributed by atoms with Crippen LogP contribution in [0.2, 0.25) is 0 Å². The minimum absolute atomic E-state index is 0.145. The average molecular weight is 420 g/mol. The summed E-state index contributed by atoms with van der Waals surface area (Å²) in [5.41, 5.74) is 11.1. The number of benzene rings is 1. The Labute approximate surface area is 187 Å². The first-order valence-corrected chi connectivity index (χ1v) is 12.0. The third kappa shape index (κ3) is 3.35. The summed E-state index contributed by atoms with van der Waals surface area (Å²) in [6.45, 7) is 15.0. The Kier molecular flexibility index (Phi) is 5.61. The Hall–Kier alpha value is -2.36. The highest BCUT2D eigenvalue weighted by Crippen LogP contribution is 2.47. The Balaban J connectivity index is 1.95. The molecular weight excluding hydrogens is 382 g/mol. The van der Waals surface area contributed by atoms with E-state index in [4.69, 9.17) is 5.10 Å². The fraction of sp³-hybridized carbons (Fsp3) is 0.556. The van der Waals surface area contributed by atoms with Crippen LogP contribution in [0.4, 0.5) is 5.69 Å². The van der Waals surface area contributed by atoms with Gasteiger partial charge in [0.2, 0.25) is 5.91 Å². The van der Waals surface area contributed by atoms with E-state index >= 15 is 0 Å². The van der Waals surface area contributed by atoms with Crippen molar-refractivity contribution < 1.29 is 4.79 Å². The molecule has 166 valence electrons. The molecule has 4 heteroatoms. The molecule has 0 atom stereocenters. The zero-order valence-electron chi connectivity index (χ0n) is 20.3. The van der Waals surface area contributed by atoms with Gasteiger partial charge in [-0.25, -0.2) is 0 Å². The van der Waals surface area contributed by atoms with E-state index in [1.165, 1.54) is 39.2 Å². The highest BCUT2D eigenvalue weighted by molar-refractivity contribution is 6.09. The predicted molar refractivity (Wildman–Crippen MR) is 129 cm³/mol. The molecule has 0 bridgehead atoms. The number of amides is 1. The van der Waals surface area contributed by atoms with Crippen LogP contribution in [0.15, 0.2) is 12.1 Å². The van der Waals surface area contributed by atoms with Gasteiger partial charge in [0.05, 0.1) is 11.1 Å². The number of carbonyl (C=O) groups excluding carboxylic acids is 1. The molecule has 1 aliphatic carbocycles. The fourth-order valence-corrected chi connectivity index (χ4v) is 5.52. The van der Waals surface area contributed by atoms with E-state index in [0.29, 0.717) is 0 Å². The number of aryl methyl sites for hydroxylation is 2. The second-order valence-electron chi connectivity index (χ2n) is 10.0. The zero-order valence-corrected chi connectivity index (χ0v) is 20.3. The van der Waals surface area contributed by atoms with Crippen molar-refractivity contribution in [1.82, 2.24) is 10.2 Å². The Bertz CT molecular complexity index is 1050. The second kappa shape index (κ2) is 7.96. The van der Waals surface area contributed by atoms with Crippen molar-refractivity contribution in [3.63, 3.8) is 0 Å². The molecule has 2 aliphatic rings. The van der Waals surface area contributed by atoms with Crippen molar-refractivity contribution in [3.8, 4) is 0 Å². The predicted octanol–water partition coefficient (Wildman–Crippen LogP) is 6.36. The summed E-state index contributed by atoms with van der Waals surface area (Å²) < 4.78 is 0. The summed E-state index contributed by atoms with van der Waals surface area (Å²) in [5, 5.41) is 8.11. The number of allylic oxidation sites excluding steroid dienone is 2. The lowest BCUT2D eigenvalue weighted by Gasteiger charge is -2.24. The van der Waals surface area contributed by atoms with Crippen molar-refractivity contribution in [1.29, 1.82) is 0 Å². The molecule has 0 saturated carbocycles. The van der Waals surface area contributed by atoms with Crippen LogP contribution in [0.1, 0.15) is 101 Å². The van der Waals surface area contributed by atoms with Crippen molar-refractivity contribution >= 4 is 22.7 Å². The number of nitrogens with one attached hydrogen (secondary N) is 1. The van der Waals surface area contributed by atoms with E-state index in [-0.39, 0.29) is 11.9 Å². The van der Waals surface area contributed by atoms with Gasteiger partial charge in [-0.2, -0.15) is 5.10 Å². The first kappa shape index (κ1) is 21.9. The maximum atomic E-state index is 13.2. The lowest BCUT2D eigenvalue weighted by atomic mass is 9.82. The van der Waals surface area contributed by atoms with Gasteiger partial charge in [0, 0.05) is 23.0 Å². The van der Waals surface area contributed by atoms with Gasteiger partial charge in [-0.15, -0.1) is 0 Å². The van der Waals surface area contributed by atoms with E-state index in [0.717, 1.165) is 49.8 Å². The van der Waals surface area contributed by atoms with Gasteiger partial charge in [-0.05, 0) is 101 Å². The summed E-state index contributed by atoms with van der Waals surface area (Å²) in [6, 6.07) is 4.72. The Morgan fingerprint density at radius 2 is 1.94 bits per heavy atom. The van der Waals surface area contributed by atoms with Crippen LogP contribution in [0, 0.1) is 6.92 Å². The lowest BCUT2D eigenvalue weighted by Crippen LogP contribution is -2.40. The first-order valence-electron chi connectivity index (χ1n) is 12.0. The van der Waals surface area contributed by atoms with Crippen molar-refractivity contribution in [3.05, 3.63) is 45.8 Å². The van der Waals surface area contributed by atoms with E-state index in [1.807, 2.05) is 4.90 Å². The number of nitrogens with zero attached hydrogens (tertiary/aromatic N) is 2. The molecule has 1 aromatic carbocycles. The number of fused-ring (bicyclic) bond motifs is 2. The summed E-state index contributed by atoms with van der Waals surface area (Å²) in [6.07, 6.45) is 6.41. The highest BCUT2D eigenvalue weighted by atomic mass is 16.2. The molecule has 0 unspecified atom stereocenters. The van der Waals surface area contributed by atoms with Crippen LogP contribution in [0.25, 0.3) is 11.1 Å². The average Bonchev–Trinajstić information content (AvgIpc) is 3.13. The van der Waals surface area contributed by atoms with Crippen molar-refractivity contribution in [2.75, 3.05) is 4.90 Å². The monoisotopic (exact) mass is 419 g/mol. The largest absolute Gasteiger partial charge is 0.309 e. The number of hydrogen-bond donors (Lipinski definition) is 1. The third-order valence-electron chi connectivity index (χ3n) is 7.18. The number of aromatic amines is 1. The van der Waals surface area contributed by atoms with Crippen LogP contribution in [-0.4, -0.2) is 22.1 Å². The van der Waals surface area contributed by atoms with Gasteiger partial charge in [0.1, 0.15) is 0 Å². The number of H-pyrrole nitrogens is 1. The number of aromatic nitrogens is 2. The molecule has 0 saturated heterocycles. The second-order valence-corrected chi connectivity index (χ2v) is 10.0. The van der Waals surface area contributed by atoms with Crippen LogP contribution in [0.3, 0.4) is 0 Å². The molecule has 1 N–H and O–H groups in total. The minimum atomic E-state index is -0.474. The number of carbonyl (C=O) groups is 1. The van der Waals surface area contributed by atoms with Crippen LogP contribution in [0.5, 0.6) is 0 Å². The molecule has 1 amide bonds. The summed E-state index contributed by atoms with van der Waals surface area (Å²) >= 11 is 0. The molecule has 2 aromatic rings. The van der Waals surface area contributed by atoms with E-state index < -0.39 is 5.41 Å². The molecular formula is C27H37N3O. The van der Waals surface area contributed by atoms with Gasteiger partial charge in [-0.1, -0.05) is 26.3 Å². The smallest absolute Gasteiger partial charge is 0.237 e. The van der Waals surface area contributed by atoms with Gasteiger partial charge < -0.3 is 4.90 Å². The molecule has 4 rings (SSSR count). The Morgan fingerprint density at radius 1 is 1.19 bits per heavy atom. The van der Waals surface area contributed by atoms with Gasteiger partial charge in [-0.3, -0.25) is 9.89 Å². The summed E-state index contributed by atoms with van der Waals surface area (Å²) in [7, 11) is 0. The van der Waals surface area contributed by atoms with E-state index in [2.05, 4.69) is 65.7 Å². The quantitative estimate of drug-likeness (QED) is 0.613. The summed E-state index contributed by atoms with van der Waals surface area (Å²) in [5.74, 6) is 0.208. The van der Waals surface area contributed by atoms with Crippen molar-refractivity contribution in [2.45, 2.75) is 98.4 Å². The van der Waals surface area contributed by atoms with Gasteiger partial charge >= 0.3 is 0 Å². The molecule has 0 radical (unpaired) electrons. The molecule has 1 aromatic heterocycles. The minimum Gasteiger partial charge on any atom is -0.309 e. The molecule has 31 heavy (non-hydrogen) atoms. The van der Waals surface area contributed by atoms with Crippen LogP contribution >= 0.6 is 0 Å². The molecule has 0 spiro atoms. The number of hydrogen-bond acceptors (Lipinski definition) is 2. The highest BCUT2D eigenvalue weighted by Gasteiger charge is 2.45. The van der Waals surface area contributed by atoms with Crippen molar-refractivity contribution in [2.24, 2.45) is 0 Å². The molecule has 2 heterocycles. The normalized spacial score (nSPS) is 17.9. The maximum absolute atomic E-state index is 13.2. The molecule has 1 aliphatic heterocycles. The first-order chi connectivity index (χ1) is 14.7. The number of rotatable bonds is 5. The summed E-state index contributed by atoms with van der Waals surface area (Å²) in [4.78, 5) is 15.2. The Morgan fingerprint density at radius 3 is 2.58 bits per heavy atom. The third-order valence-corrected chi connectivity index (χ3v) is 7.18. The molecule has 0 fully saturated rings. The molecule has 4 nitrogen and oxygen atoms in total. The van der Waals surface area contributed by atoms with Crippen LogP contribution < -0.4 is 4.90 Å². The SMILES string of the molecule is CCCC1=C(c2cc3c(cc2C)C(C)(C)C(=O)N3C(C)C)CCCc2c1n[nH]c2CC. The number of anilines is 1.